The summed E-state index contributed by atoms with van der Waals surface area (Å²) in [5.74, 6) is 0.806. The normalized spacial score (nSPS) is 21.9. The first-order valence-electron chi connectivity index (χ1n) is 8.20. The molecule has 20 heavy (non-hydrogen) atoms. The van der Waals surface area contributed by atoms with Gasteiger partial charge in [-0.2, -0.15) is 0 Å². The molecule has 1 saturated heterocycles. The van der Waals surface area contributed by atoms with E-state index in [0.29, 0.717) is 6.04 Å². The van der Waals surface area contributed by atoms with Crippen LogP contribution >= 0.6 is 0 Å². The molecular formula is C18H30N2. The predicted octanol–water partition coefficient (Wildman–Crippen LogP) is 3.60. The van der Waals surface area contributed by atoms with E-state index >= 15 is 0 Å². The second-order valence-corrected chi connectivity index (χ2v) is 6.37. The summed E-state index contributed by atoms with van der Waals surface area (Å²) >= 11 is 0. The fraction of sp³-hybridized carbons (Fsp3) is 0.667. The maximum atomic E-state index is 3.67. The van der Waals surface area contributed by atoms with Crippen molar-refractivity contribution in [3.63, 3.8) is 0 Å². The second-order valence-electron chi connectivity index (χ2n) is 6.37. The van der Waals surface area contributed by atoms with E-state index in [1.54, 1.807) is 0 Å². The molecule has 0 aromatic heterocycles. The van der Waals surface area contributed by atoms with Crippen molar-refractivity contribution in [2.75, 3.05) is 19.6 Å². The van der Waals surface area contributed by atoms with Crippen LogP contribution in [0.5, 0.6) is 0 Å². The van der Waals surface area contributed by atoms with Crippen LogP contribution in [0.1, 0.15) is 44.2 Å². The maximum Gasteiger partial charge on any atom is 0.0233 e. The van der Waals surface area contributed by atoms with Crippen molar-refractivity contribution < 1.29 is 0 Å². The van der Waals surface area contributed by atoms with E-state index in [1.165, 1.54) is 43.5 Å². The molecule has 0 spiro atoms. The number of nitrogens with zero attached hydrogens (tertiary/aromatic N) is 1. The second kappa shape index (κ2) is 7.80. The minimum Gasteiger partial charge on any atom is -0.314 e. The van der Waals surface area contributed by atoms with Crippen molar-refractivity contribution in [3.8, 4) is 0 Å². The van der Waals surface area contributed by atoms with Gasteiger partial charge >= 0.3 is 0 Å². The van der Waals surface area contributed by atoms with E-state index in [4.69, 9.17) is 0 Å². The van der Waals surface area contributed by atoms with Crippen LogP contribution in [0, 0.1) is 12.8 Å². The Hall–Kier alpha value is -0.860. The highest BCUT2D eigenvalue weighted by Crippen LogP contribution is 2.21. The average Bonchev–Trinajstić information content (AvgIpc) is 2.45. The Morgan fingerprint density at radius 2 is 2.25 bits per heavy atom. The van der Waals surface area contributed by atoms with E-state index in [1.807, 2.05) is 0 Å². The van der Waals surface area contributed by atoms with Gasteiger partial charge in [-0.1, -0.05) is 36.8 Å². The molecule has 2 unspecified atom stereocenters. The van der Waals surface area contributed by atoms with E-state index in [2.05, 4.69) is 55.3 Å². The Morgan fingerprint density at radius 3 is 3.00 bits per heavy atom. The van der Waals surface area contributed by atoms with Gasteiger partial charge in [-0.3, -0.25) is 4.90 Å². The van der Waals surface area contributed by atoms with Gasteiger partial charge in [0.15, 0.2) is 0 Å². The summed E-state index contributed by atoms with van der Waals surface area (Å²) in [5, 5.41) is 3.67. The fourth-order valence-electron chi connectivity index (χ4n) is 3.25. The molecule has 1 aromatic carbocycles. The molecule has 2 atom stereocenters. The molecule has 1 fully saturated rings. The number of piperidine rings is 1. The van der Waals surface area contributed by atoms with E-state index in [-0.39, 0.29) is 0 Å². The lowest BCUT2D eigenvalue weighted by atomic mass is 9.91. The highest BCUT2D eigenvalue weighted by molar-refractivity contribution is 5.22. The van der Waals surface area contributed by atoms with Crippen LogP contribution in [0.3, 0.4) is 0 Å². The monoisotopic (exact) mass is 274 g/mol. The number of aryl methyl sites for hydroxylation is 1. The quantitative estimate of drug-likeness (QED) is 0.853. The minimum absolute atomic E-state index is 0.648. The Morgan fingerprint density at radius 1 is 1.40 bits per heavy atom. The lowest BCUT2D eigenvalue weighted by molar-refractivity contribution is 0.144. The van der Waals surface area contributed by atoms with Crippen LogP contribution in [-0.2, 0) is 6.54 Å². The number of likely N-dealkylation sites (tertiary alicyclic amines) is 1. The molecular weight excluding hydrogens is 244 g/mol. The van der Waals surface area contributed by atoms with Crippen molar-refractivity contribution in [3.05, 3.63) is 35.4 Å². The topological polar surface area (TPSA) is 15.3 Å². The Kier molecular flexibility index (Phi) is 6.06. The summed E-state index contributed by atoms with van der Waals surface area (Å²) in [4.78, 5) is 2.63. The molecule has 2 nitrogen and oxygen atoms in total. The number of hydrogen-bond donors (Lipinski definition) is 1. The molecule has 1 N–H and O–H groups in total. The molecule has 0 saturated carbocycles. The summed E-state index contributed by atoms with van der Waals surface area (Å²) in [7, 11) is 0. The van der Waals surface area contributed by atoms with E-state index < -0.39 is 0 Å². The number of hydrogen-bond acceptors (Lipinski definition) is 2. The SMILES string of the molecule is CCCNC(C)C1CCCN(Cc2cccc(C)c2)C1. The van der Waals surface area contributed by atoms with Gasteiger partial charge in [0.1, 0.15) is 0 Å². The molecule has 1 heterocycles. The average molecular weight is 274 g/mol. The van der Waals surface area contributed by atoms with Crippen molar-refractivity contribution >= 4 is 0 Å². The smallest absolute Gasteiger partial charge is 0.0233 e. The first-order chi connectivity index (χ1) is 9.69. The van der Waals surface area contributed by atoms with Gasteiger partial charge < -0.3 is 5.32 Å². The lowest BCUT2D eigenvalue weighted by Gasteiger charge is -2.36. The molecule has 0 amide bonds. The largest absolute Gasteiger partial charge is 0.314 e. The highest BCUT2D eigenvalue weighted by Gasteiger charge is 2.24. The summed E-state index contributed by atoms with van der Waals surface area (Å²) < 4.78 is 0. The Balaban J connectivity index is 1.87. The molecule has 0 radical (unpaired) electrons. The molecule has 0 aliphatic carbocycles. The summed E-state index contributed by atoms with van der Waals surface area (Å²) in [5.41, 5.74) is 2.83. The van der Waals surface area contributed by atoms with Crippen LogP contribution in [0.2, 0.25) is 0 Å². The zero-order valence-electron chi connectivity index (χ0n) is 13.4. The predicted molar refractivity (Wildman–Crippen MR) is 86.9 cm³/mol. The Labute approximate surface area is 124 Å². The lowest BCUT2D eigenvalue weighted by Crippen LogP contribution is -2.44. The molecule has 1 aliphatic rings. The molecule has 1 aromatic rings. The van der Waals surface area contributed by atoms with Crippen LogP contribution in [-0.4, -0.2) is 30.6 Å². The van der Waals surface area contributed by atoms with Crippen LogP contribution in [0.4, 0.5) is 0 Å². The third-order valence-electron chi connectivity index (χ3n) is 4.45. The van der Waals surface area contributed by atoms with Crippen molar-refractivity contribution in [2.24, 2.45) is 5.92 Å². The minimum atomic E-state index is 0.648. The highest BCUT2D eigenvalue weighted by atomic mass is 15.1. The molecule has 2 heteroatoms. The Bertz CT molecular complexity index is 402. The summed E-state index contributed by atoms with van der Waals surface area (Å²) in [6.45, 7) is 11.5. The number of rotatable bonds is 6. The van der Waals surface area contributed by atoms with Gasteiger partial charge in [-0.05, 0) is 57.7 Å². The van der Waals surface area contributed by atoms with Crippen LogP contribution in [0.25, 0.3) is 0 Å². The molecule has 2 rings (SSSR count). The van der Waals surface area contributed by atoms with Gasteiger partial charge in [0.05, 0.1) is 0 Å². The standard InChI is InChI=1S/C18H30N2/c1-4-10-19-16(3)18-9-6-11-20(14-18)13-17-8-5-7-15(2)12-17/h5,7-8,12,16,18-19H,4,6,9-11,13-14H2,1-3H3. The van der Waals surface area contributed by atoms with Crippen molar-refractivity contribution in [1.29, 1.82) is 0 Å². The van der Waals surface area contributed by atoms with Gasteiger partial charge in [-0.15, -0.1) is 0 Å². The molecule has 0 bridgehead atoms. The maximum absolute atomic E-state index is 3.67. The summed E-state index contributed by atoms with van der Waals surface area (Å²) in [6, 6.07) is 9.59. The number of nitrogens with one attached hydrogen (secondary N) is 1. The first-order valence-corrected chi connectivity index (χ1v) is 8.20. The van der Waals surface area contributed by atoms with Crippen molar-refractivity contribution in [1.82, 2.24) is 10.2 Å². The van der Waals surface area contributed by atoms with Gasteiger partial charge in [0.25, 0.3) is 0 Å². The molecule has 112 valence electrons. The van der Waals surface area contributed by atoms with E-state index in [0.717, 1.165) is 19.0 Å². The number of benzene rings is 1. The van der Waals surface area contributed by atoms with Crippen LogP contribution < -0.4 is 5.32 Å². The van der Waals surface area contributed by atoms with Crippen molar-refractivity contribution in [2.45, 2.75) is 52.6 Å². The third-order valence-corrected chi connectivity index (χ3v) is 4.45. The third kappa shape index (κ3) is 4.60. The van der Waals surface area contributed by atoms with Gasteiger partial charge in [-0.25, -0.2) is 0 Å². The van der Waals surface area contributed by atoms with Crippen LogP contribution in [0.15, 0.2) is 24.3 Å². The molecule has 1 aliphatic heterocycles. The fourth-order valence-corrected chi connectivity index (χ4v) is 3.25. The van der Waals surface area contributed by atoms with Gasteiger partial charge in [0, 0.05) is 19.1 Å². The summed E-state index contributed by atoms with van der Waals surface area (Å²) in [6.07, 6.45) is 3.95. The van der Waals surface area contributed by atoms with Gasteiger partial charge in [0.2, 0.25) is 0 Å². The first kappa shape index (κ1) is 15.5. The zero-order valence-corrected chi connectivity index (χ0v) is 13.4. The zero-order chi connectivity index (χ0) is 14.4. The van der Waals surface area contributed by atoms with E-state index in [9.17, 15) is 0 Å².